The Morgan fingerprint density at radius 1 is 0.929 bits per heavy atom. The number of para-hydroxylation sites is 2. The lowest BCUT2D eigenvalue weighted by atomic mass is 9.86. The molecule has 0 atom stereocenters. The first-order valence-electron chi connectivity index (χ1n) is 8.69. The molecule has 2 aromatic carbocycles. The van der Waals surface area contributed by atoms with Gasteiger partial charge in [0.15, 0.2) is 0 Å². The van der Waals surface area contributed by atoms with Crippen LogP contribution in [0.25, 0.3) is 0 Å². The fourth-order valence-corrected chi connectivity index (χ4v) is 2.69. The maximum atomic E-state index is 13.7. The summed E-state index contributed by atoms with van der Waals surface area (Å²) < 4.78 is 27.3. The maximum absolute atomic E-state index is 13.7. The van der Waals surface area contributed by atoms with Crippen molar-refractivity contribution in [2.75, 3.05) is 10.6 Å². The van der Waals surface area contributed by atoms with E-state index in [0.29, 0.717) is 5.82 Å². The van der Waals surface area contributed by atoms with E-state index in [0.717, 1.165) is 23.4 Å². The third kappa shape index (κ3) is 4.31. The van der Waals surface area contributed by atoms with Crippen LogP contribution in [0.15, 0.2) is 54.9 Å². The Hall–Kier alpha value is -3.35. The number of carbonyl (C=O) groups excluding carboxylic acids is 1. The molecule has 0 spiro atoms. The van der Waals surface area contributed by atoms with Crippen molar-refractivity contribution in [3.63, 3.8) is 0 Å². The highest BCUT2D eigenvalue weighted by Gasteiger charge is 2.18. The molecule has 1 amide bonds. The second-order valence-corrected chi connectivity index (χ2v) is 7.26. The van der Waals surface area contributed by atoms with E-state index in [2.05, 4.69) is 41.4 Å². The average Bonchev–Trinajstić information content (AvgIpc) is 2.65. The van der Waals surface area contributed by atoms with Crippen LogP contribution in [0.1, 0.15) is 36.8 Å². The predicted molar refractivity (Wildman–Crippen MR) is 105 cm³/mol. The second-order valence-electron chi connectivity index (χ2n) is 7.26. The highest BCUT2D eigenvalue weighted by Crippen LogP contribution is 2.30. The lowest BCUT2D eigenvalue weighted by molar-refractivity contribution is 0.102. The fourth-order valence-electron chi connectivity index (χ4n) is 2.69. The zero-order chi connectivity index (χ0) is 20.3. The van der Waals surface area contributed by atoms with Crippen molar-refractivity contribution in [1.29, 1.82) is 0 Å². The fraction of sp³-hybridized carbons (Fsp3) is 0.190. The lowest BCUT2D eigenvalue weighted by Crippen LogP contribution is -2.16. The number of hydrogen-bond donors (Lipinski definition) is 2. The zero-order valence-corrected chi connectivity index (χ0v) is 15.8. The lowest BCUT2D eigenvalue weighted by Gasteiger charge is -2.23. The number of nitrogens with one attached hydrogen (secondary N) is 2. The van der Waals surface area contributed by atoms with Gasteiger partial charge in [0.05, 0.1) is 12.4 Å². The first-order chi connectivity index (χ1) is 13.3. The second kappa shape index (κ2) is 7.72. The van der Waals surface area contributed by atoms with E-state index in [1.165, 1.54) is 18.5 Å². The third-order valence-corrected chi connectivity index (χ3v) is 4.08. The van der Waals surface area contributed by atoms with Gasteiger partial charge in [-0.25, -0.2) is 18.7 Å². The topological polar surface area (TPSA) is 66.9 Å². The van der Waals surface area contributed by atoms with Crippen LogP contribution >= 0.6 is 0 Å². The smallest absolute Gasteiger partial charge is 0.276 e. The molecule has 3 aromatic rings. The summed E-state index contributed by atoms with van der Waals surface area (Å²) in [6.07, 6.45) is 2.64. The summed E-state index contributed by atoms with van der Waals surface area (Å²) in [6.45, 7) is 6.32. The summed E-state index contributed by atoms with van der Waals surface area (Å²) in [7, 11) is 0. The summed E-state index contributed by atoms with van der Waals surface area (Å²) in [4.78, 5) is 20.4. The molecule has 1 heterocycles. The van der Waals surface area contributed by atoms with Gasteiger partial charge in [0.2, 0.25) is 0 Å². The minimum atomic E-state index is -0.863. The van der Waals surface area contributed by atoms with Crippen LogP contribution in [-0.2, 0) is 5.41 Å². The van der Waals surface area contributed by atoms with E-state index in [1.807, 2.05) is 24.3 Å². The Bertz CT molecular complexity index is 978. The van der Waals surface area contributed by atoms with Gasteiger partial charge >= 0.3 is 0 Å². The number of hydrogen-bond acceptors (Lipinski definition) is 4. The van der Waals surface area contributed by atoms with Gasteiger partial charge in [-0.2, -0.15) is 0 Å². The summed E-state index contributed by atoms with van der Waals surface area (Å²) in [5, 5.41) is 5.37. The largest absolute Gasteiger partial charge is 0.339 e. The molecule has 0 aliphatic heterocycles. The van der Waals surface area contributed by atoms with Crippen LogP contribution in [-0.4, -0.2) is 15.9 Å². The molecule has 0 fully saturated rings. The Morgan fingerprint density at radius 3 is 2.21 bits per heavy atom. The van der Waals surface area contributed by atoms with E-state index in [4.69, 9.17) is 0 Å². The monoisotopic (exact) mass is 382 g/mol. The van der Waals surface area contributed by atoms with Gasteiger partial charge in [0.1, 0.15) is 28.8 Å². The van der Waals surface area contributed by atoms with E-state index in [-0.39, 0.29) is 11.1 Å². The number of anilines is 3. The number of nitrogens with zero attached hydrogens (tertiary/aromatic N) is 2. The van der Waals surface area contributed by atoms with Crippen molar-refractivity contribution < 1.29 is 13.6 Å². The SMILES string of the molecule is CC(C)(C)c1ccccc1Nc1cnc(C(=O)Nc2c(F)cccc2F)cn1. The van der Waals surface area contributed by atoms with Crippen molar-refractivity contribution in [3.8, 4) is 0 Å². The normalized spacial score (nSPS) is 11.2. The number of carbonyl (C=O) groups is 1. The zero-order valence-electron chi connectivity index (χ0n) is 15.8. The molecule has 0 aliphatic carbocycles. The molecule has 2 N–H and O–H groups in total. The Kier molecular flexibility index (Phi) is 5.35. The molecule has 0 radical (unpaired) electrons. The summed E-state index contributed by atoms with van der Waals surface area (Å²) in [5.74, 6) is -2.03. The van der Waals surface area contributed by atoms with Crippen LogP contribution in [0.2, 0.25) is 0 Å². The van der Waals surface area contributed by atoms with Crippen LogP contribution in [0.4, 0.5) is 26.0 Å². The van der Waals surface area contributed by atoms with Gasteiger partial charge < -0.3 is 10.6 Å². The van der Waals surface area contributed by atoms with Gasteiger partial charge in [-0.1, -0.05) is 45.0 Å². The average molecular weight is 382 g/mol. The van der Waals surface area contributed by atoms with Gasteiger partial charge in [-0.15, -0.1) is 0 Å². The molecule has 144 valence electrons. The number of aromatic nitrogens is 2. The first kappa shape index (κ1) is 19.4. The molecule has 0 aliphatic rings. The van der Waals surface area contributed by atoms with E-state index in [9.17, 15) is 13.6 Å². The number of benzene rings is 2. The number of halogens is 2. The molecule has 7 heteroatoms. The van der Waals surface area contributed by atoms with Crippen molar-refractivity contribution in [3.05, 3.63) is 77.8 Å². The Morgan fingerprint density at radius 2 is 1.61 bits per heavy atom. The molecule has 28 heavy (non-hydrogen) atoms. The van der Waals surface area contributed by atoms with E-state index >= 15 is 0 Å². The molecule has 0 saturated heterocycles. The highest BCUT2D eigenvalue weighted by atomic mass is 19.1. The molecule has 0 unspecified atom stereocenters. The van der Waals surface area contributed by atoms with Crippen LogP contribution in [0, 0.1) is 11.6 Å². The van der Waals surface area contributed by atoms with Gasteiger partial charge in [0.25, 0.3) is 5.91 Å². The Labute approximate surface area is 161 Å². The minimum Gasteiger partial charge on any atom is -0.339 e. The van der Waals surface area contributed by atoms with Gasteiger partial charge in [0, 0.05) is 5.69 Å². The van der Waals surface area contributed by atoms with Crippen molar-refractivity contribution in [1.82, 2.24) is 9.97 Å². The van der Waals surface area contributed by atoms with E-state index < -0.39 is 23.2 Å². The maximum Gasteiger partial charge on any atom is 0.276 e. The summed E-state index contributed by atoms with van der Waals surface area (Å²) >= 11 is 0. The van der Waals surface area contributed by atoms with Gasteiger partial charge in [-0.3, -0.25) is 4.79 Å². The first-order valence-corrected chi connectivity index (χ1v) is 8.69. The quantitative estimate of drug-likeness (QED) is 0.663. The molecule has 5 nitrogen and oxygen atoms in total. The van der Waals surface area contributed by atoms with Crippen LogP contribution in [0.5, 0.6) is 0 Å². The van der Waals surface area contributed by atoms with Crippen LogP contribution < -0.4 is 10.6 Å². The molecule has 0 bridgehead atoms. The number of rotatable bonds is 4. The summed E-state index contributed by atoms with van der Waals surface area (Å²) in [6, 6.07) is 11.2. The van der Waals surface area contributed by atoms with Crippen molar-refractivity contribution in [2.45, 2.75) is 26.2 Å². The van der Waals surface area contributed by atoms with Crippen LogP contribution in [0.3, 0.4) is 0 Å². The third-order valence-electron chi connectivity index (χ3n) is 4.08. The molecule has 1 aromatic heterocycles. The number of amides is 1. The summed E-state index contributed by atoms with van der Waals surface area (Å²) in [5.41, 5.74) is 1.34. The molecule has 0 saturated carbocycles. The molecular weight excluding hydrogens is 362 g/mol. The van der Waals surface area contributed by atoms with E-state index in [1.54, 1.807) is 0 Å². The molecular formula is C21H20F2N4O. The van der Waals surface area contributed by atoms with Gasteiger partial charge in [-0.05, 0) is 29.2 Å². The highest BCUT2D eigenvalue weighted by molar-refractivity contribution is 6.02. The molecule has 3 rings (SSSR count). The van der Waals surface area contributed by atoms with Crippen molar-refractivity contribution in [2.24, 2.45) is 0 Å². The predicted octanol–water partition coefficient (Wildman–Crippen LogP) is 5.05. The standard InChI is InChI=1S/C21H20F2N4O/c1-21(2,3)13-7-4-5-10-16(13)26-18-12-24-17(11-25-18)20(28)27-19-14(22)8-6-9-15(19)23/h4-12H,1-3H3,(H,25,26)(H,27,28). The van der Waals surface area contributed by atoms with Crippen molar-refractivity contribution >= 4 is 23.1 Å². The Balaban J connectivity index is 1.77. The minimum absolute atomic E-state index is 0.0580.